The van der Waals surface area contributed by atoms with Crippen LogP contribution in [0.3, 0.4) is 0 Å². The summed E-state index contributed by atoms with van der Waals surface area (Å²) in [6.07, 6.45) is 1.56. The van der Waals surface area contributed by atoms with E-state index in [1.807, 2.05) is 24.3 Å². The van der Waals surface area contributed by atoms with Crippen molar-refractivity contribution in [3.05, 3.63) is 29.3 Å². The Bertz CT molecular complexity index is 726. The number of halogens is 1. The van der Waals surface area contributed by atoms with Gasteiger partial charge in [0.15, 0.2) is 0 Å². The van der Waals surface area contributed by atoms with Crippen molar-refractivity contribution in [3.8, 4) is 0 Å². The van der Waals surface area contributed by atoms with Crippen molar-refractivity contribution in [2.45, 2.75) is 18.9 Å². The monoisotopic (exact) mass is 376 g/mol. The lowest BCUT2D eigenvalue weighted by atomic mass is 10.2. The van der Waals surface area contributed by atoms with Crippen LogP contribution in [-0.2, 0) is 9.59 Å². The zero-order valence-electron chi connectivity index (χ0n) is 14.4. The molecule has 1 aromatic rings. The molecule has 0 unspecified atom stereocenters. The molecular weight excluding hydrogens is 356 g/mol. The molecule has 4 amide bonds. The molecule has 26 heavy (non-hydrogen) atoms. The third-order valence-electron chi connectivity index (χ3n) is 5.38. The highest BCUT2D eigenvalue weighted by molar-refractivity contribution is 6.30. The van der Waals surface area contributed by atoms with E-state index in [1.54, 1.807) is 9.80 Å². The Kier molecular flexibility index (Phi) is 4.48. The molecule has 3 heterocycles. The van der Waals surface area contributed by atoms with Crippen molar-refractivity contribution >= 4 is 35.1 Å². The molecule has 138 valence electrons. The summed E-state index contributed by atoms with van der Waals surface area (Å²) in [5.74, 6) is -0.392. The summed E-state index contributed by atoms with van der Waals surface area (Å²) in [7, 11) is 0. The Morgan fingerprint density at radius 3 is 2.58 bits per heavy atom. The molecule has 0 spiro atoms. The second-order valence-corrected chi connectivity index (χ2v) is 7.34. The van der Waals surface area contributed by atoms with Crippen molar-refractivity contribution < 1.29 is 14.4 Å². The maximum absolute atomic E-state index is 12.6. The number of benzene rings is 1. The lowest BCUT2D eigenvalue weighted by molar-refractivity contribution is -0.137. The predicted octanol–water partition coefficient (Wildman–Crippen LogP) is 1.42. The number of piperazine rings is 1. The largest absolute Gasteiger partial charge is 0.368 e. The molecule has 0 aliphatic carbocycles. The summed E-state index contributed by atoms with van der Waals surface area (Å²) in [5, 5.41) is 0.688. The number of fused-ring (bicyclic) bond motifs is 1. The summed E-state index contributed by atoms with van der Waals surface area (Å²) in [6, 6.07) is 6.98. The number of carbonyl (C=O) groups is 3. The maximum atomic E-state index is 12.6. The number of anilines is 1. The molecule has 3 saturated heterocycles. The van der Waals surface area contributed by atoms with Gasteiger partial charge < -0.3 is 14.7 Å². The quantitative estimate of drug-likeness (QED) is 0.748. The normalized spacial score (nSPS) is 23.0. The number of amides is 4. The molecule has 0 bridgehead atoms. The van der Waals surface area contributed by atoms with E-state index in [1.165, 1.54) is 0 Å². The van der Waals surface area contributed by atoms with Crippen molar-refractivity contribution in [1.82, 2.24) is 14.7 Å². The maximum Gasteiger partial charge on any atom is 0.327 e. The van der Waals surface area contributed by atoms with E-state index in [4.69, 9.17) is 11.6 Å². The minimum atomic E-state index is -0.352. The molecular formula is C18H21ClN4O3. The number of urea groups is 1. The van der Waals surface area contributed by atoms with E-state index < -0.39 is 0 Å². The third-order valence-corrected chi connectivity index (χ3v) is 5.61. The van der Waals surface area contributed by atoms with Gasteiger partial charge in [-0.25, -0.2) is 4.79 Å². The Labute approximate surface area is 157 Å². The highest BCUT2D eigenvalue weighted by atomic mass is 35.5. The van der Waals surface area contributed by atoms with Crippen LogP contribution >= 0.6 is 11.6 Å². The minimum absolute atomic E-state index is 0.151. The van der Waals surface area contributed by atoms with Gasteiger partial charge in [0, 0.05) is 43.4 Å². The highest BCUT2D eigenvalue weighted by Crippen LogP contribution is 2.27. The van der Waals surface area contributed by atoms with Crippen molar-refractivity contribution in [2.75, 3.05) is 44.2 Å². The predicted molar refractivity (Wildman–Crippen MR) is 97.1 cm³/mol. The summed E-state index contributed by atoms with van der Waals surface area (Å²) in [6.45, 7) is 2.98. The van der Waals surface area contributed by atoms with Crippen LogP contribution in [0.25, 0.3) is 0 Å². The molecule has 3 fully saturated rings. The van der Waals surface area contributed by atoms with Crippen LogP contribution in [0, 0.1) is 0 Å². The Morgan fingerprint density at radius 1 is 1.12 bits per heavy atom. The summed E-state index contributed by atoms with van der Waals surface area (Å²) < 4.78 is 0. The van der Waals surface area contributed by atoms with Gasteiger partial charge in [-0.15, -0.1) is 0 Å². The van der Waals surface area contributed by atoms with Crippen LogP contribution in [0.1, 0.15) is 12.8 Å². The first-order valence-electron chi connectivity index (χ1n) is 8.95. The first-order chi connectivity index (χ1) is 12.5. The lowest BCUT2D eigenvalue weighted by Gasteiger charge is -2.36. The van der Waals surface area contributed by atoms with Gasteiger partial charge in [0.25, 0.3) is 5.91 Å². The van der Waals surface area contributed by atoms with Gasteiger partial charge in [-0.05, 0) is 31.0 Å². The SMILES string of the molecule is O=C(CN1C(=O)[C@@H]2CCCN2C1=O)N1CCN(c2cccc(Cl)c2)CC1. The molecule has 1 aromatic carbocycles. The van der Waals surface area contributed by atoms with Crippen molar-refractivity contribution in [3.63, 3.8) is 0 Å². The van der Waals surface area contributed by atoms with Crippen LogP contribution in [0.4, 0.5) is 10.5 Å². The molecule has 3 aliphatic heterocycles. The van der Waals surface area contributed by atoms with Crippen LogP contribution in [0.2, 0.25) is 5.02 Å². The second kappa shape index (κ2) is 6.79. The zero-order valence-corrected chi connectivity index (χ0v) is 15.2. The zero-order chi connectivity index (χ0) is 18.3. The van der Waals surface area contributed by atoms with Crippen LogP contribution in [0.15, 0.2) is 24.3 Å². The lowest BCUT2D eigenvalue weighted by Crippen LogP contribution is -2.52. The number of rotatable bonds is 3. The molecule has 0 saturated carbocycles. The first kappa shape index (κ1) is 17.1. The van der Waals surface area contributed by atoms with Gasteiger partial charge in [0.2, 0.25) is 5.91 Å². The van der Waals surface area contributed by atoms with E-state index in [-0.39, 0.29) is 30.4 Å². The average Bonchev–Trinajstić information content (AvgIpc) is 3.21. The number of hydrogen-bond acceptors (Lipinski definition) is 4. The molecule has 7 nitrogen and oxygen atoms in total. The molecule has 0 aromatic heterocycles. The van der Waals surface area contributed by atoms with E-state index in [0.29, 0.717) is 44.2 Å². The molecule has 0 N–H and O–H groups in total. The summed E-state index contributed by atoms with van der Waals surface area (Å²) in [4.78, 5) is 43.9. The van der Waals surface area contributed by atoms with Gasteiger partial charge in [0.05, 0.1) is 0 Å². The topological polar surface area (TPSA) is 64.2 Å². The van der Waals surface area contributed by atoms with Crippen molar-refractivity contribution in [1.29, 1.82) is 0 Å². The Balaban J connectivity index is 1.34. The van der Waals surface area contributed by atoms with Crippen LogP contribution in [0.5, 0.6) is 0 Å². The highest BCUT2D eigenvalue weighted by Gasteiger charge is 2.48. The third kappa shape index (κ3) is 3.00. The van der Waals surface area contributed by atoms with E-state index >= 15 is 0 Å². The van der Waals surface area contributed by atoms with Gasteiger partial charge in [-0.1, -0.05) is 17.7 Å². The van der Waals surface area contributed by atoms with Gasteiger partial charge in [-0.2, -0.15) is 0 Å². The van der Waals surface area contributed by atoms with E-state index in [0.717, 1.165) is 17.0 Å². The fourth-order valence-corrected chi connectivity index (χ4v) is 4.13. The van der Waals surface area contributed by atoms with Gasteiger partial charge in [0.1, 0.15) is 12.6 Å². The molecule has 8 heteroatoms. The number of imide groups is 1. The van der Waals surface area contributed by atoms with E-state index in [2.05, 4.69) is 4.90 Å². The molecule has 0 radical (unpaired) electrons. The fourth-order valence-electron chi connectivity index (χ4n) is 3.95. The standard InChI is InChI=1S/C18H21ClN4O3/c19-13-3-1-4-14(11-13)20-7-9-21(10-8-20)16(24)12-23-17(25)15-5-2-6-22(15)18(23)26/h1,3-4,11,15H,2,5-10,12H2/t15-/m0/s1. The number of hydrogen-bond donors (Lipinski definition) is 0. The number of nitrogens with zero attached hydrogens (tertiary/aromatic N) is 4. The molecule has 3 aliphatic rings. The Hall–Kier alpha value is -2.28. The Morgan fingerprint density at radius 2 is 1.88 bits per heavy atom. The van der Waals surface area contributed by atoms with E-state index in [9.17, 15) is 14.4 Å². The van der Waals surface area contributed by atoms with Gasteiger partial charge in [-0.3, -0.25) is 14.5 Å². The number of carbonyl (C=O) groups excluding carboxylic acids is 3. The average molecular weight is 377 g/mol. The molecule has 4 rings (SSSR count). The summed E-state index contributed by atoms with van der Waals surface area (Å²) >= 11 is 6.04. The smallest absolute Gasteiger partial charge is 0.327 e. The van der Waals surface area contributed by atoms with Crippen LogP contribution in [-0.4, -0.2) is 77.9 Å². The molecule has 1 atom stereocenters. The first-order valence-corrected chi connectivity index (χ1v) is 9.32. The van der Waals surface area contributed by atoms with Crippen LogP contribution < -0.4 is 4.90 Å². The minimum Gasteiger partial charge on any atom is -0.368 e. The fraction of sp³-hybridized carbons (Fsp3) is 0.500. The summed E-state index contributed by atoms with van der Waals surface area (Å²) in [5.41, 5.74) is 1.04. The van der Waals surface area contributed by atoms with Gasteiger partial charge >= 0.3 is 6.03 Å². The second-order valence-electron chi connectivity index (χ2n) is 6.91. The van der Waals surface area contributed by atoms with Crippen molar-refractivity contribution in [2.24, 2.45) is 0 Å².